The number of rotatable bonds is 8. The van der Waals surface area contributed by atoms with E-state index < -0.39 is 22.0 Å². The number of nitrogens with one attached hydrogen (secondary N) is 1. The summed E-state index contributed by atoms with van der Waals surface area (Å²) in [6.07, 6.45) is 0. The fraction of sp³-hybridized carbons (Fsp3) is 0.267. The topological polar surface area (TPSA) is 84.3 Å². The predicted molar refractivity (Wildman–Crippen MR) is 152 cm³/mol. The van der Waals surface area contributed by atoms with Crippen LogP contribution in [-0.2, 0) is 14.8 Å². The van der Waals surface area contributed by atoms with E-state index in [-0.39, 0.29) is 11.4 Å². The molecule has 1 heterocycles. The highest BCUT2D eigenvalue weighted by Gasteiger charge is 2.32. The molecule has 7 nitrogen and oxygen atoms in total. The van der Waals surface area contributed by atoms with Gasteiger partial charge in [-0.05, 0) is 64.8 Å². The van der Waals surface area contributed by atoms with Gasteiger partial charge >= 0.3 is 0 Å². The number of carbonyl (C=O) groups is 1. The van der Waals surface area contributed by atoms with E-state index in [1.807, 2.05) is 80.6 Å². The third-order valence-electron chi connectivity index (χ3n) is 6.37. The molecule has 0 atom stereocenters. The molecule has 0 fully saturated rings. The molecular formula is C30H34N4O3S. The van der Waals surface area contributed by atoms with E-state index in [2.05, 4.69) is 5.32 Å². The molecule has 0 aliphatic carbocycles. The van der Waals surface area contributed by atoms with Crippen molar-refractivity contribution in [2.45, 2.75) is 52.5 Å². The van der Waals surface area contributed by atoms with Crippen LogP contribution in [0.25, 0.3) is 16.9 Å². The number of amides is 1. The Morgan fingerprint density at radius 2 is 1.50 bits per heavy atom. The molecule has 0 bridgehead atoms. The lowest BCUT2D eigenvalue weighted by Crippen LogP contribution is -2.43. The van der Waals surface area contributed by atoms with Gasteiger partial charge in [0, 0.05) is 17.7 Å². The van der Waals surface area contributed by atoms with Crippen molar-refractivity contribution >= 4 is 21.7 Å². The zero-order valence-electron chi connectivity index (χ0n) is 22.7. The van der Waals surface area contributed by atoms with E-state index in [4.69, 9.17) is 5.10 Å². The number of carbonyl (C=O) groups excluding carboxylic acids is 1. The average Bonchev–Trinajstić information content (AvgIpc) is 3.26. The van der Waals surface area contributed by atoms with Crippen LogP contribution in [0.5, 0.6) is 0 Å². The molecule has 4 aromatic rings. The maximum Gasteiger partial charge on any atom is 0.244 e. The van der Waals surface area contributed by atoms with Gasteiger partial charge in [-0.2, -0.15) is 9.40 Å². The van der Waals surface area contributed by atoms with Gasteiger partial charge in [0.1, 0.15) is 5.82 Å². The summed E-state index contributed by atoms with van der Waals surface area (Å²) in [5, 5.41) is 7.66. The lowest BCUT2D eigenvalue weighted by atomic mass is 10.1. The SMILES string of the molecule is Cc1ccc(-n2nc(-c3ccccc3)cc2NC(=O)CN(C(C)C)S(=O)(=O)c2c(C)cc(C)cc2C)cc1. The van der Waals surface area contributed by atoms with Crippen LogP contribution in [0.15, 0.2) is 77.7 Å². The second-order valence-corrected chi connectivity index (χ2v) is 11.8. The van der Waals surface area contributed by atoms with Gasteiger partial charge in [0.2, 0.25) is 15.9 Å². The zero-order valence-corrected chi connectivity index (χ0v) is 23.5. The average molecular weight is 531 g/mol. The number of hydrogen-bond acceptors (Lipinski definition) is 4. The number of hydrogen-bond donors (Lipinski definition) is 1. The van der Waals surface area contributed by atoms with Crippen molar-refractivity contribution < 1.29 is 13.2 Å². The largest absolute Gasteiger partial charge is 0.309 e. The van der Waals surface area contributed by atoms with Crippen molar-refractivity contribution in [1.82, 2.24) is 14.1 Å². The molecule has 1 N–H and O–H groups in total. The van der Waals surface area contributed by atoms with Crippen LogP contribution in [0.1, 0.15) is 36.1 Å². The molecule has 0 radical (unpaired) electrons. The van der Waals surface area contributed by atoms with E-state index in [0.29, 0.717) is 22.6 Å². The third-order valence-corrected chi connectivity index (χ3v) is 8.70. The van der Waals surface area contributed by atoms with Crippen LogP contribution in [0.2, 0.25) is 0 Å². The van der Waals surface area contributed by atoms with Gasteiger partial charge < -0.3 is 5.32 Å². The Labute approximate surface area is 225 Å². The summed E-state index contributed by atoms with van der Waals surface area (Å²) < 4.78 is 30.4. The van der Waals surface area contributed by atoms with Crippen LogP contribution in [-0.4, -0.2) is 41.0 Å². The first kappa shape index (κ1) is 27.3. The normalized spacial score (nSPS) is 11.8. The zero-order chi connectivity index (χ0) is 27.6. The minimum atomic E-state index is -3.92. The summed E-state index contributed by atoms with van der Waals surface area (Å²) in [4.78, 5) is 13.6. The number of aromatic nitrogens is 2. The monoisotopic (exact) mass is 530 g/mol. The Bertz CT molecular complexity index is 1530. The molecule has 0 saturated carbocycles. The first-order valence-electron chi connectivity index (χ1n) is 12.6. The van der Waals surface area contributed by atoms with Gasteiger partial charge in [0.25, 0.3) is 0 Å². The number of nitrogens with zero attached hydrogens (tertiary/aromatic N) is 3. The molecule has 3 aromatic carbocycles. The number of benzene rings is 3. The first-order chi connectivity index (χ1) is 18.0. The molecule has 198 valence electrons. The quantitative estimate of drug-likeness (QED) is 0.312. The Morgan fingerprint density at radius 3 is 2.08 bits per heavy atom. The molecule has 1 amide bonds. The van der Waals surface area contributed by atoms with Crippen LogP contribution in [0.4, 0.5) is 5.82 Å². The van der Waals surface area contributed by atoms with E-state index in [0.717, 1.165) is 22.4 Å². The van der Waals surface area contributed by atoms with Crippen LogP contribution >= 0.6 is 0 Å². The van der Waals surface area contributed by atoms with Crippen molar-refractivity contribution in [2.75, 3.05) is 11.9 Å². The Morgan fingerprint density at radius 1 is 0.895 bits per heavy atom. The first-order valence-corrected chi connectivity index (χ1v) is 14.0. The predicted octanol–water partition coefficient (Wildman–Crippen LogP) is 5.81. The third kappa shape index (κ3) is 5.71. The number of anilines is 1. The van der Waals surface area contributed by atoms with Crippen molar-refractivity contribution in [3.8, 4) is 16.9 Å². The molecule has 4 rings (SSSR count). The fourth-order valence-corrected chi connectivity index (χ4v) is 6.67. The molecular weight excluding hydrogens is 496 g/mol. The van der Waals surface area contributed by atoms with E-state index in [9.17, 15) is 13.2 Å². The van der Waals surface area contributed by atoms with E-state index >= 15 is 0 Å². The lowest BCUT2D eigenvalue weighted by molar-refractivity contribution is -0.116. The van der Waals surface area contributed by atoms with Crippen molar-refractivity contribution in [3.63, 3.8) is 0 Å². The lowest BCUT2D eigenvalue weighted by Gasteiger charge is -2.27. The summed E-state index contributed by atoms with van der Waals surface area (Å²) in [7, 11) is -3.92. The van der Waals surface area contributed by atoms with Gasteiger partial charge in [0.05, 0.1) is 22.8 Å². The van der Waals surface area contributed by atoms with E-state index in [1.165, 1.54) is 4.31 Å². The fourth-order valence-electron chi connectivity index (χ4n) is 4.66. The number of sulfonamides is 1. The van der Waals surface area contributed by atoms with Crippen LogP contribution in [0, 0.1) is 27.7 Å². The highest BCUT2D eigenvalue weighted by molar-refractivity contribution is 7.89. The van der Waals surface area contributed by atoms with Crippen molar-refractivity contribution in [2.24, 2.45) is 0 Å². The highest BCUT2D eigenvalue weighted by Crippen LogP contribution is 2.28. The van der Waals surface area contributed by atoms with Gasteiger partial charge in [-0.25, -0.2) is 13.1 Å². The summed E-state index contributed by atoms with van der Waals surface area (Å²) in [6.45, 7) is 10.7. The van der Waals surface area contributed by atoms with Crippen LogP contribution < -0.4 is 5.32 Å². The second-order valence-electron chi connectivity index (χ2n) is 9.95. The number of aryl methyl sites for hydroxylation is 4. The summed E-state index contributed by atoms with van der Waals surface area (Å²) in [5.74, 6) is 0.0130. The molecule has 0 saturated heterocycles. The Kier molecular flexibility index (Phi) is 7.85. The van der Waals surface area contributed by atoms with Gasteiger partial charge in [-0.15, -0.1) is 0 Å². The van der Waals surface area contributed by atoms with Gasteiger partial charge in [0.15, 0.2) is 0 Å². The maximum absolute atomic E-state index is 13.8. The Balaban J connectivity index is 1.67. The van der Waals surface area contributed by atoms with Gasteiger partial charge in [-0.3, -0.25) is 4.79 Å². The molecule has 38 heavy (non-hydrogen) atoms. The summed E-state index contributed by atoms with van der Waals surface area (Å²) in [6, 6.07) is 22.6. The second kappa shape index (κ2) is 10.9. The standard InChI is InChI=1S/C30H34N4O3S/c1-20(2)33(38(36,37)30-23(5)16-22(4)17-24(30)6)19-29(35)31-28-18-27(25-10-8-7-9-11-25)32-34(28)26-14-12-21(3)13-15-26/h7-18,20H,19H2,1-6H3,(H,31,35). The van der Waals surface area contributed by atoms with Crippen LogP contribution in [0.3, 0.4) is 0 Å². The smallest absolute Gasteiger partial charge is 0.244 e. The van der Waals surface area contributed by atoms with Crippen molar-refractivity contribution in [3.05, 3.63) is 95.1 Å². The van der Waals surface area contributed by atoms with E-state index in [1.54, 1.807) is 38.4 Å². The Hall–Kier alpha value is -3.75. The minimum absolute atomic E-state index is 0.251. The molecule has 1 aromatic heterocycles. The van der Waals surface area contributed by atoms with Gasteiger partial charge in [-0.1, -0.05) is 65.7 Å². The minimum Gasteiger partial charge on any atom is -0.309 e. The molecule has 0 aliphatic heterocycles. The summed E-state index contributed by atoms with van der Waals surface area (Å²) in [5.41, 5.74) is 5.82. The molecule has 0 aliphatic rings. The molecule has 0 unspecified atom stereocenters. The summed E-state index contributed by atoms with van der Waals surface area (Å²) >= 11 is 0. The molecule has 8 heteroatoms. The molecule has 0 spiro atoms. The highest BCUT2D eigenvalue weighted by atomic mass is 32.2. The maximum atomic E-state index is 13.8. The van der Waals surface area contributed by atoms with Crippen molar-refractivity contribution in [1.29, 1.82) is 0 Å².